The molecule has 4 rings (SSSR count). The molecule has 35 heavy (non-hydrogen) atoms. The SMILES string of the molecule is COC(=O)C[C@H]1CCCN(C(=O)C(C)Oc2ccc3c(-c4ccc(F)cc4Cl)cc(=O)oc3c2)C1. The molecule has 1 saturated heterocycles. The van der Waals surface area contributed by atoms with Crippen LogP contribution in [0.25, 0.3) is 22.1 Å². The van der Waals surface area contributed by atoms with Gasteiger partial charge >= 0.3 is 11.6 Å². The fraction of sp³-hybridized carbons (Fsp3) is 0.346. The number of carbonyl (C=O) groups is 2. The average molecular weight is 502 g/mol. The van der Waals surface area contributed by atoms with E-state index >= 15 is 0 Å². The molecular weight excluding hydrogens is 477 g/mol. The summed E-state index contributed by atoms with van der Waals surface area (Å²) in [5.74, 6) is -0.544. The average Bonchev–Trinajstić information content (AvgIpc) is 2.83. The molecule has 0 N–H and O–H groups in total. The summed E-state index contributed by atoms with van der Waals surface area (Å²) in [6.45, 7) is 2.72. The van der Waals surface area contributed by atoms with E-state index in [9.17, 15) is 18.8 Å². The van der Waals surface area contributed by atoms with Gasteiger partial charge in [-0.25, -0.2) is 9.18 Å². The highest BCUT2D eigenvalue weighted by Gasteiger charge is 2.29. The third-order valence-corrected chi connectivity index (χ3v) is 6.42. The molecule has 9 heteroatoms. The standard InChI is InChI=1S/C26H25ClFNO6/c1-15(26(32)29-9-3-4-16(14-29)10-24(30)33-2)34-18-6-8-20-21(13-25(31)35-23(20)12-18)19-7-5-17(28)11-22(19)27/h5-8,11-13,15-16H,3-4,9-10,14H2,1-2H3/t15?,16-/m1/s1. The van der Waals surface area contributed by atoms with Crippen molar-refractivity contribution in [1.82, 2.24) is 4.90 Å². The molecule has 0 spiro atoms. The van der Waals surface area contributed by atoms with Crippen LogP contribution in [0.15, 0.2) is 51.7 Å². The minimum atomic E-state index is -0.786. The van der Waals surface area contributed by atoms with E-state index in [2.05, 4.69) is 0 Å². The molecule has 1 unspecified atom stereocenters. The second kappa shape index (κ2) is 10.5. The number of esters is 1. The lowest BCUT2D eigenvalue weighted by Gasteiger charge is -2.33. The number of ether oxygens (including phenoxy) is 2. The summed E-state index contributed by atoms with van der Waals surface area (Å²) < 4.78 is 29.5. The van der Waals surface area contributed by atoms with Crippen molar-refractivity contribution in [2.75, 3.05) is 20.2 Å². The van der Waals surface area contributed by atoms with Crippen LogP contribution in [0.1, 0.15) is 26.2 Å². The Balaban J connectivity index is 1.53. The maximum Gasteiger partial charge on any atom is 0.336 e. The molecule has 1 aromatic heterocycles. The molecule has 2 heterocycles. The molecule has 1 fully saturated rings. The Morgan fingerprint density at radius 3 is 2.74 bits per heavy atom. The van der Waals surface area contributed by atoms with Gasteiger partial charge in [0.15, 0.2) is 6.10 Å². The summed E-state index contributed by atoms with van der Waals surface area (Å²) in [4.78, 5) is 38.5. The van der Waals surface area contributed by atoms with Gasteiger partial charge in [0.25, 0.3) is 5.91 Å². The molecule has 1 aliphatic heterocycles. The van der Waals surface area contributed by atoms with Crippen molar-refractivity contribution in [2.45, 2.75) is 32.3 Å². The number of halogens is 2. The van der Waals surface area contributed by atoms with Crippen molar-refractivity contribution in [3.63, 3.8) is 0 Å². The Bertz CT molecular complexity index is 1320. The second-order valence-electron chi connectivity index (χ2n) is 8.59. The van der Waals surface area contributed by atoms with Crippen molar-refractivity contribution in [1.29, 1.82) is 0 Å². The number of amides is 1. The third-order valence-electron chi connectivity index (χ3n) is 6.11. The Labute approximate surface area is 206 Å². The van der Waals surface area contributed by atoms with Gasteiger partial charge in [-0.15, -0.1) is 0 Å². The van der Waals surface area contributed by atoms with E-state index in [0.29, 0.717) is 35.4 Å². The molecule has 1 amide bonds. The van der Waals surface area contributed by atoms with Gasteiger partial charge in [0, 0.05) is 48.2 Å². The maximum absolute atomic E-state index is 13.5. The van der Waals surface area contributed by atoms with Crippen molar-refractivity contribution < 1.29 is 27.9 Å². The molecule has 0 saturated carbocycles. The van der Waals surface area contributed by atoms with E-state index in [1.165, 1.54) is 37.4 Å². The van der Waals surface area contributed by atoms with Gasteiger partial charge < -0.3 is 18.8 Å². The minimum absolute atomic E-state index is 0.0546. The lowest BCUT2D eigenvalue weighted by Crippen LogP contribution is -2.46. The molecule has 0 radical (unpaired) electrons. The van der Waals surface area contributed by atoms with E-state index in [0.717, 1.165) is 12.8 Å². The van der Waals surface area contributed by atoms with Crippen LogP contribution in [0, 0.1) is 11.7 Å². The van der Waals surface area contributed by atoms with Gasteiger partial charge in [0.1, 0.15) is 17.1 Å². The molecule has 2 aromatic carbocycles. The molecule has 0 bridgehead atoms. The fourth-order valence-electron chi connectivity index (χ4n) is 4.41. The number of hydrogen-bond donors (Lipinski definition) is 0. The Morgan fingerprint density at radius 2 is 2.00 bits per heavy atom. The number of rotatable bonds is 6. The van der Waals surface area contributed by atoms with Gasteiger partial charge in [-0.05, 0) is 56.0 Å². The van der Waals surface area contributed by atoms with Gasteiger partial charge in [0.05, 0.1) is 12.1 Å². The second-order valence-corrected chi connectivity index (χ2v) is 9.00. The van der Waals surface area contributed by atoms with E-state index < -0.39 is 17.5 Å². The van der Waals surface area contributed by atoms with E-state index in [1.807, 2.05) is 0 Å². The van der Waals surface area contributed by atoms with Crippen LogP contribution >= 0.6 is 11.6 Å². The molecular formula is C26H25ClFNO6. The van der Waals surface area contributed by atoms with Crippen LogP contribution in [0.4, 0.5) is 4.39 Å². The smallest absolute Gasteiger partial charge is 0.336 e. The van der Waals surface area contributed by atoms with Gasteiger partial charge in [-0.1, -0.05) is 11.6 Å². The van der Waals surface area contributed by atoms with Crippen LogP contribution in [0.5, 0.6) is 5.75 Å². The zero-order valence-electron chi connectivity index (χ0n) is 19.4. The fourth-order valence-corrected chi connectivity index (χ4v) is 4.68. The van der Waals surface area contributed by atoms with Crippen molar-refractivity contribution >= 4 is 34.4 Å². The predicted octanol–water partition coefficient (Wildman–Crippen LogP) is 4.82. The minimum Gasteiger partial charge on any atom is -0.481 e. The highest BCUT2D eigenvalue weighted by atomic mass is 35.5. The maximum atomic E-state index is 13.5. The predicted molar refractivity (Wildman–Crippen MR) is 129 cm³/mol. The summed E-state index contributed by atoms with van der Waals surface area (Å²) in [6, 6.07) is 10.2. The Hall–Kier alpha value is -3.39. The highest BCUT2D eigenvalue weighted by molar-refractivity contribution is 6.33. The number of benzene rings is 2. The molecule has 2 atom stereocenters. The number of fused-ring (bicyclic) bond motifs is 1. The number of likely N-dealkylation sites (tertiary alicyclic amines) is 1. The number of nitrogens with zero attached hydrogens (tertiary/aromatic N) is 1. The lowest BCUT2D eigenvalue weighted by molar-refractivity contribution is -0.145. The number of hydrogen-bond acceptors (Lipinski definition) is 6. The zero-order valence-corrected chi connectivity index (χ0v) is 20.1. The topological polar surface area (TPSA) is 86.0 Å². The number of carbonyl (C=O) groups excluding carboxylic acids is 2. The molecule has 3 aromatic rings. The molecule has 1 aliphatic rings. The van der Waals surface area contributed by atoms with Crippen molar-refractivity contribution in [3.05, 3.63) is 63.7 Å². The summed E-state index contributed by atoms with van der Waals surface area (Å²) >= 11 is 6.21. The first-order valence-corrected chi connectivity index (χ1v) is 11.7. The molecule has 184 valence electrons. The van der Waals surface area contributed by atoms with Crippen LogP contribution in [-0.4, -0.2) is 43.1 Å². The Morgan fingerprint density at radius 1 is 1.20 bits per heavy atom. The first-order valence-electron chi connectivity index (χ1n) is 11.3. The van der Waals surface area contributed by atoms with Crippen molar-refractivity contribution in [3.8, 4) is 16.9 Å². The zero-order chi connectivity index (χ0) is 25.1. The van der Waals surface area contributed by atoms with Gasteiger partial charge in [-0.3, -0.25) is 9.59 Å². The van der Waals surface area contributed by atoms with E-state index in [4.69, 9.17) is 25.5 Å². The third kappa shape index (κ3) is 5.65. The van der Waals surface area contributed by atoms with Gasteiger partial charge in [0.2, 0.25) is 0 Å². The quantitative estimate of drug-likeness (QED) is 0.355. The first kappa shape index (κ1) is 24.7. The normalized spacial score (nSPS) is 16.7. The molecule has 7 nitrogen and oxygen atoms in total. The monoisotopic (exact) mass is 501 g/mol. The van der Waals surface area contributed by atoms with Crippen LogP contribution < -0.4 is 10.4 Å². The highest BCUT2D eigenvalue weighted by Crippen LogP contribution is 2.34. The lowest BCUT2D eigenvalue weighted by atomic mass is 9.94. The number of methoxy groups -OCH3 is 1. The largest absolute Gasteiger partial charge is 0.481 e. The summed E-state index contributed by atoms with van der Waals surface area (Å²) in [6.07, 6.45) is 1.15. The Kier molecular flexibility index (Phi) is 7.40. The molecule has 0 aliphatic carbocycles. The van der Waals surface area contributed by atoms with Gasteiger partial charge in [-0.2, -0.15) is 0 Å². The summed E-state index contributed by atoms with van der Waals surface area (Å²) in [5.41, 5.74) is 0.650. The van der Waals surface area contributed by atoms with Crippen LogP contribution in [0.3, 0.4) is 0 Å². The number of piperidine rings is 1. The first-order chi connectivity index (χ1) is 16.7. The van der Waals surface area contributed by atoms with Crippen LogP contribution in [-0.2, 0) is 14.3 Å². The summed E-state index contributed by atoms with van der Waals surface area (Å²) in [7, 11) is 1.35. The van der Waals surface area contributed by atoms with E-state index in [1.54, 1.807) is 24.0 Å². The van der Waals surface area contributed by atoms with E-state index in [-0.39, 0.29) is 34.8 Å². The summed E-state index contributed by atoms with van der Waals surface area (Å²) in [5, 5.41) is 0.759. The van der Waals surface area contributed by atoms with Crippen molar-refractivity contribution in [2.24, 2.45) is 5.92 Å². The van der Waals surface area contributed by atoms with Crippen LogP contribution in [0.2, 0.25) is 5.02 Å².